The Morgan fingerprint density at radius 1 is 0.730 bits per heavy atom. The standard InChI is InChI=1S/C33H42NO2P/c1-19-16-24-25-26(30(36)34(29(25)35)21-14-12-11-13-15-21)27(19)37(24)28-22(32(5,6)7)17-20(31(2,3)4)18-23(28)33(8,9)10/h11-18,24-27H,1-10H3. The molecule has 2 fully saturated rings. The third-order valence-corrected chi connectivity index (χ3v) is 11.9. The summed E-state index contributed by atoms with van der Waals surface area (Å²) in [7, 11) is -0.745. The highest BCUT2D eigenvalue weighted by Crippen LogP contribution is 2.70. The molecule has 0 radical (unpaired) electrons. The first-order chi connectivity index (χ1) is 17.0. The summed E-state index contributed by atoms with van der Waals surface area (Å²) in [6.45, 7) is 22.9. The average molecular weight is 516 g/mol. The van der Waals surface area contributed by atoms with Gasteiger partial charge in [0, 0.05) is 11.3 Å². The van der Waals surface area contributed by atoms with Gasteiger partial charge >= 0.3 is 0 Å². The molecular formula is C33H42NO2P. The Morgan fingerprint density at radius 3 is 1.73 bits per heavy atom. The van der Waals surface area contributed by atoms with Gasteiger partial charge in [-0.15, -0.1) is 0 Å². The van der Waals surface area contributed by atoms with Gasteiger partial charge in [0.1, 0.15) is 0 Å². The van der Waals surface area contributed by atoms with Gasteiger partial charge in [-0.05, 0) is 57.3 Å². The van der Waals surface area contributed by atoms with E-state index in [1.54, 1.807) is 0 Å². The van der Waals surface area contributed by atoms with Crippen molar-refractivity contribution in [3.8, 4) is 0 Å². The molecule has 2 bridgehead atoms. The van der Waals surface area contributed by atoms with Crippen molar-refractivity contribution in [2.45, 2.75) is 96.8 Å². The summed E-state index contributed by atoms with van der Waals surface area (Å²) in [4.78, 5) is 29.3. The van der Waals surface area contributed by atoms with E-state index in [9.17, 15) is 9.59 Å². The fourth-order valence-corrected chi connectivity index (χ4v) is 11.1. The van der Waals surface area contributed by atoms with Gasteiger partial charge in [0.25, 0.3) is 0 Å². The summed E-state index contributed by atoms with van der Waals surface area (Å²) in [5, 5.41) is 1.45. The summed E-state index contributed by atoms with van der Waals surface area (Å²) in [5.41, 5.74) is 6.33. The maximum atomic E-state index is 13.9. The third kappa shape index (κ3) is 4.04. The van der Waals surface area contributed by atoms with Gasteiger partial charge in [-0.2, -0.15) is 0 Å². The lowest BCUT2D eigenvalue weighted by molar-refractivity contribution is -0.122. The molecule has 3 nitrogen and oxygen atoms in total. The van der Waals surface area contributed by atoms with Crippen molar-refractivity contribution >= 4 is 30.7 Å². The number of rotatable bonds is 2. The van der Waals surface area contributed by atoms with Gasteiger partial charge in [-0.25, -0.2) is 4.90 Å². The van der Waals surface area contributed by atoms with Crippen LogP contribution in [0, 0.1) is 11.8 Å². The minimum Gasteiger partial charge on any atom is -0.274 e. The summed E-state index contributed by atoms with van der Waals surface area (Å²) < 4.78 is 0. The van der Waals surface area contributed by atoms with Crippen LogP contribution in [-0.4, -0.2) is 23.1 Å². The molecule has 2 aromatic rings. The highest BCUT2D eigenvalue weighted by molar-refractivity contribution is 7.68. The first kappa shape index (κ1) is 26.4. The van der Waals surface area contributed by atoms with Crippen LogP contribution in [0.15, 0.2) is 54.1 Å². The number of hydrogen-bond donors (Lipinski definition) is 0. The number of carbonyl (C=O) groups excluding carboxylic acids is 2. The van der Waals surface area contributed by atoms with Crippen molar-refractivity contribution in [1.82, 2.24) is 0 Å². The quantitative estimate of drug-likeness (QED) is 0.241. The minimum atomic E-state index is -0.745. The Bertz CT molecular complexity index is 1270. The Morgan fingerprint density at radius 2 is 1.24 bits per heavy atom. The number of amides is 2. The summed E-state index contributed by atoms with van der Waals surface area (Å²) in [6, 6.07) is 14.4. The SMILES string of the molecule is CC1=CC2C3C(=O)N(c4ccccc4)C(=O)C3C1P2c1c(C(C)(C)C)cc(C(C)(C)C)cc1C(C)(C)C. The van der Waals surface area contributed by atoms with E-state index in [-0.39, 0.29) is 51.2 Å². The molecule has 5 atom stereocenters. The fraction of sp³-hybridized carbons (Fsp3) is 0.515. The maximum absolute atomic E-state index is 13.9. The van der Waals surface area contributed by atoms with Gasteiger partial charge in [0.15, 0.2) is 0 Å². The second-order valence-corrected chi connectivity index (χ2v) is 16.7. The summed E-state index contributed by atoms with van der Waals surface area (Å²) in [6.07, 6.45) is 2.35. The van der Waals surface area contributed by atoms with E-state index in [4.69, 9.17) is 0 Å². The second-order valence-electron chi connectivity index (χ2n) is 14.3. The molecule has 0 aromatic heterocycles. The molecule has 37 heavy (non-hydrogen) atoms. The molecule has 0 aliphatic carbocycles. The highest BCUT2D eigenvalue weighted by Gasteiger charge is 2.66. The molecule has 2 saturated heterocycles. The van der Waals surface area contributed by atoms with Gasteiger partial charge in [0.05, 0.1) is 17.5 Å². The van der Waals surface area contributed by atoms with E-state index in [0.29, 0.717) is 5.69 Å². The van der Waals surface area contributed by atoms with Crippen molar-refractivity contribution < 1.29 is 9.59 Å². The number of hydrogen-bond acceptors (Lipinski definition) is 2. The van der Waals surface area contributed by atoms with Crippen LogP contribution in [-0.2, 0) is 25.8 Å². The van der Waals surface area contributed by atoms with Crippen LogP contribution < -0.4 is 10.2 Å². The first-order valence-corrected chi connectivity index (χ1v) is 15.1. The average Bonchev–Trinajstić information content (AvgIpc) is 3.37. The van der Waals surface area contributed by atoms with E-state index in [1.807, 2.05) is 30.3 Å². The molecule has 0 spiro atoms. The van der Waals surface area contributed by atoms with Crippen LogP contribution in [0.3, 0.4) is 0 Å². The molecule has 2 amide bonds. The zero-order chi connectivity index (χ0) is 27.2. The molecule has 5 rings (SSSR count). The first-order valence-electron chi connectivity index (χ1n) is 13.6. The Balaban J connectivity index is 1.70. The number of fused-ring (bicyclic) bond motifs is 5. The molecular weight excluding hydrogens is 473 g/mol. The largest absolute Gasteiger partial charge is 0.274 e. The third-order valence-electron chi connectivity index (χ3n) is 8.49. The second kappa shape index (κ2) is 8.37. The zero-order valence-corrected chi connectivity index (χ0v) is 25.0. The lowest BCUT2D eigenvalue weighted by Crippen LogP contribution is -2.37. The van der Waals surface area contributed by atoms with Gasteiger partial charge < -0.3 is 0 Å². The van der Waals surface area contributed by atoms with E-state index < -0.39 is 7.92 Å². The van der Waals surface area contributed by atoms with E-state index in [0.717, 1.165) is 0 Å². The van der Waals surface area contributed by atoms with Gasteiger partial charge in [0.2, 0.25) is 11.8 Å². The number of allylic oxidation sites excluding steroid dienone is 2. The summed E-state index contributed by atoms with van der Waals surface area (Å²) in [5.74, 6) is -0.521. The number of carbonyl (C=O) groups is 2. The lowest BCUT2D eigenvalue weighted by atomic mass is 9.75. The molecule has 3 aliphatic rings. The number of imide groups is 1. The Kier molecular flexibility index (Phi) is 5.97. The van der Waals surface area contributed by atoms with Crippen LogP contribution >= 0.6 is 7.92 Å². The van der Waals surface area contributed by atoms with Crippen molar-refractivity contribution in [1.29, 1.82) is 0 Å². The van der Waals surface area contributed by atoms with Gasteiger partial charge in [-0.1, -0.05) is 112 Å². The van der Waals surface area contributed by atoms with E-state index in [2.05, 4.69) is 87.4 Å². The molecule has 4 heteroatoms. The van der Waals surface area contributed by atoms with Crippen LogP contribution in [0.2, 0.25) is 0 Å². The monoisotopic (exact) mass is 515 g/mol. The fourth-order valence-electron chi connectivity index (χ4n) is 6.60. The van der Waals surface area contributed by atoms with Crippen LogP contribution in [0.25, 0.3) is 0 Å². The Hall–Kier alpha value is -2.25. The topological polar surface area (TPSA) is 37.4 Å². The molecule has 0 N–H and O–H groups in total. The van der Waals surface area contributed by atoms with Crippen molar-refractivity contribution in [3.63, 3.8) is 0 Å². The van der Waals surface area contributed by atoms with Crippen molar-refractivity contribution in [2.75, 3.05) is 4.90 Å². The van der Waals surface area contributed by atoms with Crippen molar-refractivity contribution in [3.05, 3.63) is 70.8 Å². The van der Waals surface area contributed by atoms with Crippen LogP contribution in [0.5, 0.6) is 0 Å². The number of para-hydroxylation sites is 1. The number of nitrogens with zero attached hydrogens (tertiary/aromatic N) is 1. The molecule has 3 aliphatic heterocycles. The molecule has 3 heterocycles. The number of anilines is 1. The summed E-state index contributed by atoms with van der Waals surface area (Å²) >= 11 is 0. The minimum absolute atomic E-state index is 0.00502. The molecule has 0 saturated carbocycles. The smallest absolute Gasteiger partial charge is 0.238 e. The highest BCUT2D eigenvalue weighted by atomic mass is 31.1. The Labute approximate surface area is 224 Å². The van der Waals surface area contributed by atoms with E-state index >= 15 is 0 Å². The predicted octanol–water partition coefficient (Wildman–Crippen LogP) is 7.20. The van der Waals surface area contributed by atoms with E-state index in [1.165, 1.54) is 32.5 Å². The van der Waals surface area contributed by atoms with Gasteiger partial charge in [-0.3, -0.25) is 9.59 Å². The predicted molar refractivity (Wildman–Crippen MR) is 156 cm³/mol. The number of benzene rings is 2. The molecule has 2 aromatic carbocycles. The van der Waals surface area contributed by atoms with Crippen molar-refractivity contribution in [2.24, 2.45) is 11.8 Å². The molecule has 5 unspecified atom stereocenters. The zero-order valence-electron chi connectivity index (χ0n) is 24.1. The van der Waals surface area contributed by atoms with Crippen LogP contribution in [0.1, 0.15) is 85.9 Å². The normalized spacial score (nSPS) is 27.7. The maximum Gasteiger partial charge on any atom is 0.238 e. The lowest BCUT2D eigenvalue weighted by Gasteiger charge is -2.37. The molecule has 196 valence electrons. The van der Waals surface area contributed by atoms with Crippen LogP contribution in [0.4, 0.5) is 5.69 Å².